The molecule has 0 heterocycles. The van der Waals surface area contributed by atoms with Crippen molar-refractivity contribution in [3.63, 3.8) is 0 Å². The third kappa shape index (κ3) is 5.19. The van der Waals surface area contributed by atoms with Crippen molar-refractivity contribution in [2.24, 2.45) is 0 Å². The van der Waals surface area contributed by atoms with Crippen LogP contribution in [-0.2, 0) is 11.2 Å². The molecular formula is C14H21NO3. The number of amides is 1. The van der Waals surface area contributed by atoms with Gasteiger partial charge in [-0.05, 0) is 44.9 Å². The zero-order chi connectivity index (χ0) is 13.5. The third-order valence-electron chi connectivity index (χ3n) is 2.39. The van der Waals surface area contributed by atoms with Crippen molar-refractivity contribution in [2.45, 2.75) is 39.4 Å². The zero-order valence-electron chi connectivity index (χ0n) is 11.1. The normalized spacial score (nSPS) is 12.3. The molecule has 0 aliphatic heterocycles. The van der Waals surface area contributed by atoms with E-state index in [2.05, 4.69) is 5.32 Å². The molecule has 1 amide bonds. The van der Waals surface area contributed by atoms with E-state index in [1.807, 2.05) is 38.1 Å². The molecule has 0 spiro atoms. The maximum atomic E-state index is 11.1. The van der Waals surface area contributed by atoms with Gasteiger partial charge in [-0.25, -0.2) is 0 Å². The summed E-state index contributed by atoms with van der Waals surface area (Å²) in [7, 11) is 0. The quantitative estimate of drug-likeness (QED) is 0.805. The summed E-state index contributed by atoms with van der Waals surface area (Å²) in [5, 5.41) is 11.7. The second-order valence-corrected chi connectivity index (χ2v) is 4.53. The van der Waals surface area contributed by atoms with E-state index >= 15 is 0 Å². The van der Waals surface area contributed by atoms with Crippen molar-refractivity contribution in [3.8, 4) is 5.75 Å². The van der Waals surface area contributed by atoms with Crippen LogP contribution < -0.4 is 10.1 Å². The minimum atomic E-state index is -0.952. The maximum Gasteiger partial charge on any atom is 0.248 e. The Morgan fingerprint density at radius 3 is 2.39 bits per heavy atom. The zero-order valence-corrected chi connectivity index (χ0v) is 11.1. The van der Waals surface area contributed by atoms with Gasteiger partial charge in [0.15, 0.2) is 0 Å². The monoisotopic (exact) mass is 251 g/mol. The number of hydrogen-bond acceptors (Lipinski definition) is 3. The van der Waals surface area contributed by atoms with E-state index in [0.29, 0.717) is 6.54 Å². The number of aliphatic hydroxyl groups excluding tert-OH is 1. The Morgan fingerprint density at radius 2 is 1.89 bits per heavy atom. The standard InChI is InChI=1S/C14H21NO3/c1-10(2)18-13-6-4-12(5-7-13)8-9-15-14(17)11(3)16/h4-7,10-11,16H,8-9H2,1-3H3,(H,15,17). The van der Waals surface area contributed by atoms with Gasteiger partial charge in [-0.15, -0.1) is 0 Å². The van der Waals surface area contributed by atoms with Crippen molar-refractivity contribution >= 4 is 5.91 Å². The predicted octanol–water partition coefficient (Wildman–Crippen LogP) is 1.51. The molecule has 2 N–H and O–H groups in total. The summed E-state index contributed by atoms with van der Waals surface area (Å²) in [6.45, 7) is 5.94. The number of nitrogens with one attached hydrogen (secondary N) is 1. The van der Waals surface area contributed by atoms with Gasteiger partial charge in [0.05, 0.1) is 6.10 Å². The third-order valence-corrected chi connectivity index (χ3v) is 2.39. The van der Waals surface area contributed by atoms with Crippen LogP contribution in [0.2, 0.25) is 0 Å². The van der Waals surface area contributed by atoms with Crippen LogP contribution in [-0.4, -0.2) is 29.8 Å². The van der Waals surface area contributed by atoms with E-state index in [4.69, 9.17) is 9.84 Å². The fourth-order valence-corrected chi connectivity index (χ4v) is 1.48. The molecule has 1 aromatic carbocycles. The van der Waals surface area contributed by atoms with Crippen molar-refractivity contribution in [3.05, 3.63) is 29.8 Å². The first-order chi connectivity index (χ1) is 8.49. The SMILES string of the molecule is CC(C)Oc1ccc(CCNC(=O)C(C)O)cc1. The molecule has 100 valence electrons. The molecule has 0 aromatic heterocycles. The summed E-state index contributed by atoms with van der Waals surface area (Å²) in [4.78, 5) is 11.1. The van der Waals surface area contributed by atoms with E-state index in [0.717, 1.165) is 17.7 Å². The lowest BCUT2D eigenvalue weighted by Crippen LogP contribution is -2.33. The van der Waals surface area contributed by atoms with E-state index in [1.54, 1.807) is 0 Å². The van der Waals surface area contributed by atoms with Crippen LogP contribution in [0.3, 0.4) is 0 Å². The topological polar surface area (TPSA) is 58.6 Å². The molecule has 0 aliphatic carbocycles. The number of aliphatic hydroxyl groups is 1. The number of hydrogen-bond donors (Lipinski definition) is 2. The van der Waals surface area contributed by atoms with Crippen LogP contribution >= 0.6 is 0 Å². The van der Waals surface area contributed by atoms with Gasteiger partial charge in [-0.1, -0.05) is 12.1 Å². The molecule has 4 nitrogen and oxygen atoms in total. The average molecular weight is 251 g/mol. The predicted molar refractivity (Wildman–Crippen MR) is 70.6 cm³/mol. The van der Waals surface area contributed by atoms with E-state index in [1.165, 1.54) is 6.92 Å². The highest BCUT2D eigenvalue weighted by atomic mass is 16.5. The molecule has 18 heavy (non-hydrogen) atoms. The van der Waals surface area contributed by atoms with Crippen molar-refractivity contribution in [1.82, 2.24) is 5.32 Å². The van der Waals surface area contributed by atoms with Crippen molar-refractivity contribution < 1.29 is 14.6 Å². The molecule has 4 heteroatoms. The Kier molecular flexibility index (Phi) is 5.65. The molecule has 0 saturated carbocycles. The van der Waals surface area contributed by atoms with Crippen LogP contribution in [0.1, 0.15) is 26.3 Å². The lowest BCUT2D eigenvalue weighted by molar-refractivity contribution is -0.128. The molecule has 1 unspecified atom stereocenters. The first-order valence-corrected chi connectivity index (χ1v) is 6.20. The van der Waals surface area contributed by atoms with Crippen molar-refractivity contribution in [1.29, 1.82) is 0 Å². The molecule has 1 aromatic rings. The number of ether oxygens (including phenoxy) is 1. The Bertz CT molecular complexity index is 371. The molecule has 0 aliphatic rings. The molecule has 0 fully saturated rings. The van der Waals surface area contributed by atoms with Crippen LogP contribution in [0.4, 0.5) is 0 Å². The number of benzene rings is 1. The molecule has 1 rings (SSSR count). The summed E-state index contributed by atoms with van der Waals surface area (Å²) in [5.41, 5.74) is 1.12. The molecule has 1 atom stereocenters. The highest BCUT2D eigenvalue weighted by Crippen LogP contribution is 2.13. The fourth-order valence-electron chi connectivity index (χ4n) is 1.48. The van der Waals surface area contributed by atoms with Crippen LogP contribution in [0.25, 0.3) is 0 Å². The highest BCUT2D eigenvalue weighted by molar-refractivity contribution is 5.79. The second-order valence-electron chi connectivity index (χ2n) is 4.53. The van der Waals surface area contributed by atoms with Crippen LogP contribution in [0.15, 0.2) is 24.3 Å². The van der Waals surface area contributed by atoms with Gasteiger partial charge in [0.2, 0.25) is 5.91 Å². The Labute approximate surface area is 108 Å². The van der Waals surface area contributed by atoms with Crippen molar-refractivity contribution in [2.75, 3.05) is 6.54 Å². The first kappa shape index (κ1) is 14.5. The maximum absolute atomic E-state index is 11.1. The minimum absolute atomic E-state index is 0.168. The Morgan fingerprint density at radius 1 is 1.28 bits per heavy atom. The van der Waals surface area contributed by atoms with E-state index < -0.39 is 6.10 Å². The molecule has 0 saturated heterocycles. The summed E-state index contributed by atoms with van der Waals surface area (Å²) >= 11 is 0. The fraction of sp³-hybridized carbons (Fsp3) is 0.500. The largest absolute Gasteiger partial charge is 0.491 e. The number of carbonyl (C=O) groups excluding carboxylic acids is 1. The summed E-state index contributed by atoms with van der Waals surface area (Å²) < 4.78 is 5.54. The van der Waals surface area contributed by atoms with Crippen LogP contribution in [0, 0.1) is 0 Å². The van der Waals surface area contributed by atoms with Crippen LogP contribution in [0.5, 0.6) is 5.75 Å². The molecule has 0 radical (unpaired) electrons. The van der Waals surface area contributed by atoms with Gasteiger partial charge >= 0.3 is 0 Å². The summed E-state index contributed by atoms with van der Waals surface area (Å²) in [6, 6.07) is 7.80. The molecule has 0 bridgehead atoms. The number of carbonyl (C=O) groups is 1. The second kappa shape index (κ2) is 7.01. The van der Waals surface area contributed by atoms with Gasteiger partial charge in [0.25, 0.3) is 0 Å². The highest BCUT2D eigenvalue weighted by Gasteiger charge is 2.06. The summed E-state index contributed by atoms with van der Waals surface area (Å²) in [6.07, 6.45) is -0.0477. The lowest BCUT2D eigenvalue weighted by Gasteiger charge is -2.10. The van der Waals surface area contributed by atoms with Gasteiger partial charge in [-0.2, -0.15) is 0 Å². The van der Waals surface area contributed by atoms with Gasteiger partial charge in [0, 0.05) is 6.54 Å². The van der Waals surface area contributed by atoms with E-state index in [9.17, 15) is 4.79 Å². The van der Waals surface area contributed by atoms with Gasteiger partial charge in [-0.3, -0.25) is 4.79 Å². The molecular weight excluding hydrogens is 230 g/mol. The first-order valence-electron chi connectivity index (χ1n) is 6.20. The minimum Gasteiger partial charge on any atom is -0.491 e. The average Bonchev–Trinajstić information content (AvgIpc) is 2.30. The smallest absolute Gasteiger partial charge is 0.248 e. The Balaban J connectivity index is 2.37. The summed E-state index contributed by atoms with van der Waals surface area (Å²) in [5.74, 6) is 0.511. The van der Waals surface area contributed by atoms with Gasteiger partial charge < -0.3 is 15.2 Å². The lowest BCUT2D eigenvalue weighted by atomic mass is 10.1. The van der Waals surface area contributed by atoms with E-state index in [-0.39, 0.29) is 12.0 Å². The number of rotatable bonds is 6. The van der Waals surface area contributed by atoms with Gasteiger partial charge in [0.1, 0.15) is 11.9 Å². The Hall–Kier alpha value is -1.55.